The summed E-state index contributed by atoms with van der Waals surface area (Å²) in [6.45, 7) is 6.55. The maximum atomic E-state index is 10.4. The van der Waals surface area contributed by atoms with Gasteiger partial charge in [-0.1, -0.05) is 56.9 Å². The minimum absolute atomic E-state index is 0.00217. The fraction of sp³-hybridized carbons (Fsp3) is 0.333. The average molecular weight is 307 g/mol. The topological polar surface area (TPSA) is 23.5 Å². The largest absolute Gasteiger partial charge is 0.377 e. The highest BCUT2D eigenvalue weighted by molar-refractivity contribution is 5.57. The van der Waals surface area contributed by atoms with E-state index in [0.29, 0.717) is 0 Å². The van der Waals surface area contributed by atoms with Gasteiger partial charge in [-0.25, -0.2) is 0 Å². The third-order valence-electron chi connectivity index (χ3n) is 3.75. The summed E-state index contributed by atoms with van der Waals surface area (Å²) in [5.74, 6) is 5.96. The SMILES string of the molecule is CN(C)c1ccc(C(O)C#Cc2ccccc2)cc1C(C)(C)C. The first kappa shape index (κ1) is 17.1. The van der Waals surface area contributed by atoms with Gasteiger partial charge < -0.3 is 10.0 Å². The van der Waals surface area contributed by atoms with Crippen LogP contribution in [-0.2, 0) is 5.41 Å². The summed E-state index contributed by atoms with van der Waals surface area (Å²) in [6.07, 6.45) is -0.785. The lowest BCUT2D eigenvalue weighted by molar-refractivity contribution is 0.238. The fourth-order valence-corrected chi connectivity index (χ4v) is 2.47. The summed E-state index contributed by atoms with van der Waals surface area (Å²) >= 11 is 0. The predicted molar refractivity (Wildman–Crippen MR) is 97.7 cm³/mol. The number of anilines is 1. The molecule has 0 spiro atoms. The van der Waals surface area contributed by atoms with Crippen LogP contribution in [0.15, 0.2) is 48.5 Å². The van der Waals surface area contributed by atoms with E-state index in [1.807, 2.05) is 50.5 Å². The molecule has 1 unspecified atom stereocenters. The number of rotatable bonds is 2. The summed E-state index contributed by atoms with van der Waals surface area (Å²) in [7, 11) is 4.08. The second kappa shape index (κ2) is 6.89. The van der Waals surface area contributed by atoms with Gasteiger partial charge in [0.05, 0.1) is 0 Å². The van der Waals surface area contributed by atoms with E-state index in [9.17, 15) is 5.11 Å². The molecule has 0 radical (unpaired) electrons. The Hall–Kier alpha value is -2.24. The van der Waals surface area contributed by atoms with Gasteiger partial charge in [-0.2, -0.15) is 0 Å². The smallest absolute Gasteiger partial charge is 0.140 e. The van der Waals surface area contributed by atoms with E-state index in [1.54, 1.807) is 0 Å². The van der Waals surface area contributed by atoms with Gasteiger partial charge in [-0.3, -0.25) is 0 Å². The van der Waals surface area contributed by atoms with Crippen molar-refractivity contribution < 1.29 is 5.11 Å². The molecule has 0 aliphatic carbocycles. The van der Waals surface area contributed by atoms with Gasteiger partial charge in [-0.05, 0) is 40.8 Å². The lowest BCUT2D eigenvalue weighted by Gasteiger charge is -2.27. The van der Waals surface area contributed by atoms with Crippen molar-refractivity contribution >= 4 is 5.69 Å². The summed E-state index contributed by atoms with van der Waals surface area (Å²) in [5, 5.41) is 10.4. The molecule has 0 amide bonds. The van der Waals surface area contributed by atoms with Crippen molar-refractivity contribution in [2.45, 2.75) is 32.3 Å². The zero-order valence-corrected chi connectivity index (χ0v) is 14.6. The molecule has 0 aliphatic rings. The molecule has 2 nitrogen and oxygen atoms in total. The Bertz CT molecular complexity index is 715. The highest BCUT2D eigenvalue weighted by Gasteiger charge is 2.20. The van der Waals surface area contributed by atoms with Crippen molar-refractivity contribution in [2.75, 3.05) is 19.0 Å². The van der Waals surface area contributed by atoms with Crippen LogP contribution in [0.25, 0.3) is 0 Å². The molecule has 1 atom stereocenters. The van der Waals surface area contributed by atoms with E-state index in [-0.39, 0.29) is 5.41 Å². The molecule has 1 N–H and O–H groups in total. The highest BCUT2D eigenvalue weighted by Crippen LogP contribution is 2.33. The molecule has 0 fully saturated rings. The van der Waals surface area contributed by atoms with Gasteiger partial charge in [0.1, 0.15) is 6.10 Å². The van der Waals surface area contributed by atoms with Crippen LogP contribution in [0.3, 0.4) is 0 Å². The normalized spacial score (nSPS) is 12.3. The molecule has 0 bridgehead atoms. The van der Waals surface area contributed by atoms with E-state index in [0.717, 1.165) is 11.1 Å². The van der Waals surface area contributed by atoms with Gasteiger partial charge in [0.15, 0.2) is 0 Å². The number of aliphatic hydroxyl groups excluding tert-OH is 1. The maximum absolute atomic E-state index is 10.4. The lowest BCUT2D eigenvalue weighted by Crippen LogP contribution is -2.19. The minimum Gasteiger partial charge on any atom is -0.377 e. The Morgan fingerprint density at radius 3 is 2.22 bits per heavy atom. The van der Waals surface area contributed by atoms with Crippen molar-refractivity contribution in [3.05, 3.63) is 65.2 Å². The molecular weight excluding hydrogens is 282 g/mol. The van der Waals surface area contributed by atoms with E-state index in [4.69, 9.17) is 0 Å². The quantitative estimate of drug-likeness (QED) is 0.843. The summed E-state index contributed by atoms with van der Waals surface area (Å²) in [4.78, 5) is 2.10. The molecule has 2 aromatic rings. The van der Waals surface area contributed by atoms with Crippen LogP contribution in [0.5, 0.6) is 0 Å². The van der Waals surface area contributed by atoms with Crippen LogP contribution < -0.4 is 4.90 Å². The van der Waals surface area contributed by atoms with Gasteiger partial charge >= 0.3 is 0 Å². The summed E-state index contributed by atoms with van der Waals surface area (Å²) in [5.41, 5.74) is 4.13. The van der Waals surface area contributed by atoms with Crippen LogP contribution in [0.1, 0.15) is 43.6 Å². The number of nitrogens with zero attached hydrogens (tertiary/aromatic N) is 1. The molecule has 0 saturated carbocycles. The lowest BCUT2D eigenvalue weighted by atomic mass is 9.84. The van der Waals surface area contributed by atoms with Crippen molar-refractivity contribution in [1.29, 1.82) is 0 Å². The molecule has 0 saturated heterocycles. The van der Waals surface area contributed by atoms with E-state index in [2.05, 4.69) is 49.6 Å². The number of hydrogen-bond acceptors (Lipinski definition) is 2. The van der Waals surface area contributed by atoms with Crippen LogP contribution in [0.2, 0.25) is 0 Å². The summed E-state index contributed by atoms with van der Waals surface area (Å²) < 4.78 is 0. The zero-order chi connectivity index (χ0) is 17.0. The number of aliphatic hydroxyl groups is 1. The Morgan fingerprint density at radius 2 is 1.65 bits per heavy atom. The second-order valence-electron chi connectivity index (χ2n) is 6.96. The first-order chi connectivity index (χ1) is 10.8. The molecule has 23 heavy (non-hydrogen) atoms. The monoisotopic (exact) mass is 307 g/mol. The number of hydrogen-bond donors (Lipinski definition) is 1. The third-order valence-corrected chi connectivity index (χ3v) is 3.75. The van der Waals surface area contributed by atoms with Crippen molar-refractivity contribution in [3.63, 3.8) is 0 Å². The van der Waals surface area contributed by atoms with Gasteiger partial charge in [0, 0.05) is 25.3 Å². The Balaban J connectivity index is 2.35. The van der Waals surface area contributed by atoms with Gasteiger partial charge in [0.2, 0.25) is 0 Å². The highest BCUT2D eigenvalue weighted by atomic mass is 16.3. The Kier molecular flexibility index (Phi) is 5.13. The Morgan fingerprint density at radius 1 is 1.00 bits per heavy atom. The average Bonchev–Trinajstić information content (AvgIpc) is 2.52. The van der Waals surface area contributed by atoms with Crippen molar-refractivity contribution in [2.24, 2.45) is 0 Å². The molecule has 120 valence electrons. The van der Waals surface area contributed by atoms with Crippen LogP contribution in [-0.4, -0.2) is 19.2 Å². The minimum atomic E-state index is -0.785. The maximum Gasteiger partial charge on any atom is 0.140 e. The van der Waals surface area contributed by atoms with Gasteiger partial charge in [0.25, 0.3) is 0 Å². The molecule has 0 aromatic heterocycles. The van der Waals surface area contributed by atoms with E-state index < -0.39 is 6.10 Å². The predicted octanol–water partition coefficient (Wildman–Crippen LogP) is 4.14. The van der Waals surface area contributed by atoms with Crippen molar-refractivity contribution in [1.82, 2.24) is 0 Å². The molecule has 0 aliphatic heterocycles. The van der Waals surface area contributed by atoms with Crippen LogP contribution in [0.4, 0.5) is 5.69 Å². The van der Waals surface area contributed by atoms with E-state index in [1.165, 1.54) is 11.3 Å². The second-order valence-corrected chi connectivity index (χ2v) is 6.96. The fourth-order valence-electron chi connectivity index (χ4n) is 2.47. The molecule has 2 rings (SSSR count). The standard InChI is InChI=1S/C21H25NO/c1-21(2,3)18-15-17(12-13-19(18)22(4)5)20(23)14-11-16-9-7-6-8-10-16/h6-10,12-13,15,20,23H,1-5H3. The van der Waals surface area contributed by atoms with Crippen molar-refractivity contribution in [3.8, 4) is 11.8 Å². The first-order valence-electron chi connectivity index (χ1n) is 7.85. The molecular formula is C21H25NO. The van der Waals surface area contributed by atoms with E-state index >= 15 is 0 Å². The summed E-state index contributed by atoms with van der Waals surface area (Å²) in [6, 6.07) is 15.8. The van der Waals surface area contributed by atoms with Crippen LogP contribution >= 0.6 is 0 Å². The van der Waals surface area contributed by atoms with Crippen LogP contribution in [0, 0.1) is 11.8 Å². The first-order valence-corrected chi connectivity index (χ1v) is 7.85. The third kappa shape index (κ3) is 4.37. The van der Waals surface area contributed by atoms with Gasteiger partial charge in [-0.15, -0.1) is 0 Å². The molecule has 2 heteroatoms. The zero-order valence-electron chi connectivity index (χ0n) is 14.6. The Labute approximate surface area is 139 Å². The molecule has 2 aromatic carbocycles. The molecule has 0 heterocycles. The number of benzene rings is 2.